The smallest absolute Gasteiger partial charge is 0.373 e. The van der Waals surface area contributed by atoms with E-state index in [0.29, 0.717) is 0 Å². The van der Waals surface area contributed by atoms with Gasteiger partial charge in [-0.05, 0) is 12.1 Å². The first-order chi connectivity index (χ1) is 7.07. The third kappa shape index (κ3) is 1.62. The summed E-state index contributed by atoms with van der Waals surface area (Å²) >= 11 is 0. The summed E-state index contributed by atoms with van der Waals surface area (Å²) in [6.07, 6.45) is 0. The van der Waals surface area contributed by atoms with Crippen LogP contribution in [-0.2, 0) is 4.57 Å². The van der Waals surface area contributed by atoms with E-state index in [0.717, 1.165) is 0 Å². The van der Waals surface area contributed by atoms with Crippen molar-refractivity contribution in [1.29, 1.82) is 0 Å². The summed E-state index contributed by atoms with van der Waals surface area (Å²) in [7, 11) is -1.51. The first-order valence-electron chi connectivity index (χ1n) is 4.02. The summed E-state index contributed by atoms with van der Waals surface area (Å²) in [4.78, 5) is 11.1. The van der Waals surface area contributed by atoms with Gasteiger partial charge < -0.3 is 23.4 Å². The average Bonchev–Trinajstić information content (AvgIpc) is 2.51. The lowest BCUT2D eigenvalue weighted by molar-refractivity contribution is -0.205. The SMILES string of the molecule is COc1ccc(OC)c2c1OP(=O)([O-])O2. The largest absolute Gasteiger partial charge is 0.736 e. The van der Waals surface area contributed by atoms with Crippen LogP contribution < -0.4 is 23.4 Å². The van der Waals surface area contributed by atoms with Crippen molar-refractivity contribution in [2.45, 2.75) is 0 Å². The summed E-state index contributed by atoms with van der Waals surface area (Å²) in [5, 5.41) is 0. The van der Waals surface area contributed by atoms with E-state index in [4.69, 9.17) is 9.47 Å². The molecule has 0 atom stereocenters. The molecule has 1 aliphatic heterocycles. The van der Waals surface area contributed by atoms with Crippen LogP contribution in [0.4, 0.5) is 0 Å². The highest BCUT2D eigenvalue weighted by Gasteiger charge is 2.32. The molecule has 0 amide bonds. The number of ether oxygens (including phenoxy) is 2. The second-order valence-electron chi connectivity index (χ2n) is 2.76. The van der Waals surface area contributed by atoms with Gasteiger partial charge in [-0.15, -0.1) is 0 Å². The maximum atomic E-state index is 11.1. The minimum Gasteiger partial charge on any atom is -0.736 e. The van der Waals surface area contributed by atoms with Crippen LogP contribution in [0.15, 0.2) is 12.1 Å². The lowest BCUT2D eigenvalue weighted by Gasteiger charge is -2.12. The number of benzene rings is 1. The van der Waals surface area contributed by atoms with Gasteiger partial charge in [0, 0.05) is 0 Å². The van der Waals surface area contributed by atoms with Gasteiger partial charge in [-0.3, -0.25) is 0 Å². The van der Waals surface area contributed by atoms with Crippen LogP contribution in [0.2, 0.25) is 0 Å². The molecule has 0 unspecified atom stereocenters. The highest BCUT2D eigenvalue weighted by Crippen LogP contribution is 2.59. The van der Waals surface area contributed by atoms with E-state index in [1.807, 2.05) is 0 Å². The number of hydrogen-bond donors (Lipinski definition) is 0. The Kier molecular flexibility index (Phi) is 2.25. The fourth-order valence-corrected chi connectivity index (χ4v) is 2.09. The summed E-state index contributed by atoms with van der Waals surface area (Å²) < 4.78 is 30.2. The third-order valence-electron chi connectivity index (χ3n) is 1.89. The van der Waals surface area contributed by atoms with Crippen LogP contribution in [0.25, 0.3) is 0 Å². The standard InChI is InChI=1S/C8H9O6P/c1-11-5-3-4-6(12-2)8-7(5)13-15(9,10)14-8/h3-4H,1-2H3,(H,9,10)/p-1. The fourth-order valence-electron chi connectivity index (χ4n) is 1.26. The highest BCUT2D eigenvalue weighted by atomic mass is 31.2. The molecule has 0 aliphatic carbocycles. The summed E-state index contributed by atoms with van der Waals surface area (Å²) in [5.74, 6) is 0.601. The Balaban J connectivity index is 2.57. The van der Waals surface area contributed by atoms with Crippen molar-refractivity contribution in [3.8, 4) is 23.0 Å². The number of methoxy groups -OCH3 is 2. The molecule has 0 N–H and O–H groups in total. The van der Waals surface area contributed by atoms with Gasteiger partial charge in [-0.2, -0.15) is 0 Å². The molecule has 0 aromatic heterocycles. The predicted octanol–water partition coefficient (Wildman–Crippen LogP) is 0.943. The molecule has 0 saturated carbocycles. The fraction of sp³-hybridized carbons (Fsp3) is 0.250. The van der Waals surface area contributed by atoms with E-state index in [2.05, 4.69) is 9.05 Å². The molecule has 6 nitrogen and oxygen atoms in total. The molecular formula is C8H8O6P-. The van der Waals surface area contributed by atoms with Gasteiger partial charge in [0.1, 0.15) is 0 Å². The molecule has 82 valence electrons. The summed E-state index contributed by atoms with van der Waals surface area (Å²) in [5.41, 5.74) is 0. The van der Waals surface area contributed by atoms with Gasteiger partial charge in [0.25, 0.3) is 0 Å². The van der Waals surface area contributed by atoms with E-state index in [9.17, 15) is 9.46 Å². The number of hydrogen-bond acceptors (Lipinski definition) is 6. The Morgan fingerprint density at radius 1 is 1.13 bits per heavy atom. The zero-order chi connectivity index (χ0) is 11.1. The quantitative estimate of drug-likeness (QED) is 0.705. The lowest BCUT2D eigenvalue weighted by Crippen LogP contribution is -2.06. The lowest BCUT2D eigenvalue weighted by atomic mass is 10.3. The molecule has 0 radical (unpaired) electrons. The highest BCUT2D eigenvalue weighted by molar-refractivity contribution is 7.47. The van der Waals surface area contributed by atoms with Crippen molar-refractivity contribution in [3.63, 3.8) is 0 Å². The Labute approximate surface area is 86.0 Å². The Bertz CT molecular complexity index is 406. The van der Waals surface area contributed by atoms with Crippen molar-refractivity contribution in [1.82, 2.24) is 0 Å². The van der Waals surface area contributed by atoms with Crippen molar-refractivity contribution < 1.29 is 28.0 Å². The van der Waals surface area contributed by atoms with E-state index in [1.54, 1.807) is 0 Å². The number of fused-ring (bicyclic) bond motifs is 1. The summed E-state index contributed by atoms with van der Waals surface area (Å²) in [6, 6.07) is 3.07. The van der Waals surface area contributed by atoms with E-state index in [-0.39, 0.29) is 23.0 Å². The van der Waals surface area contributed by atoms with Gasteiger partial charge in [-0.1, -0.05) is 0 Å². The molecule has 2 rings (SSSR count). The molecule has 0 bridgehead atoms. The second-order valence-corrected chi connectivity index (χ2v) is 4.02. The number of phosphoric acid groups is 1. The van der Waals surface area contributed by atoms with Crippen LogP contribution in [0.5, 0.6) is 23.0 Å². The van der Waals surface area contributed by atoms with Crippen LogP contribution in [0.3, 0.4) is 0 Å². The predicted molar refractivity (Wildman–Crippen MR) is 48.4 cm³/mol. The molecule has 1 aromatic carbocycles. The molecule has 7 heteroatoms. The molecule has 15 heavy (non-hydrogen) atoms. The zero-order valence-corrected chi connectivity index (χ0v) is 8.95. The third-order valence-corrected chi connectivity index (χ3v) is 2.70. The average molecular weight is 231 g/mol. The van der Waals surface area contributed by atoms with E-state index < -0.39 is 7.82 Å². The Hall–Kier alpha value is -1.39. The first-order valence-corrected chi connectivity index (χ1v) is 5.48. The van der Waals surface area contributed by atoms with E-state index >= 15 is 0 Å². The molecule has 0 saturated heterocycles. The van der Waals surface area contributed by atoms with Crippen molar-refractivity contribution >= 4 is 7.82 Å². The maximum Gasteiger partial charge on any atom is 0.373 e. The number of phosphoric ester groups is 1. The maximum absolute atomic E-state index is 11.1. The van der Waals surface area contributed by atoms with Gasteiger partial charge in [-0.25, -0.2) is 4.57 Å². The molecule has 1 aliphatic rings. The van der Waals surface area contributed by atoms with Gasteiger partial charge in [0.2, 0.25) is 11.5 Å². The van der Waals surface area contributed by atoms with Crippen LogP contribution in [0, 0.1) is 0 Å². The second kappa shape index (κ2) is 3.32. The normalized spacial score (nSPS) is 16.2. The van der Waals surface area contributed by atoms with Gasteiger partial charge >= 0.3 is 7.82 Å². The molecule has 1 heterocycles. The summed E-state index contributed by atoms with van der Waals surface area (Å²) in [6.45, 7) is 0. The van der Waals surface area contributed by atoms with E-state index in [1.165, 1.54) is 26.4 Å². The minimum atomic E-state index is -4.32. The monoisotopic (exact) mass is 231 g/mol. The number of rotatable bonds is 2. The van der Waals surface area contributed by atoms with Crippen LogP contribution in [0.1, 0.15) is 0 Å². The Morgan fingerprint density at radius 3 is 1.87 bits per heavy atom. The van der Waals surface area contributed by atoms with Crippen molar-refractivity contribution in [3.05, 3.63) is 12.1 Å². The van der Waals surface area contributed by atoms with Gasteiger partial charge in [0.05, 0.1) is 14.2 Å². The van der Waals surface area contributed by atoms with Crippen molar-refractivity contribution in [2.24, 2.45) is 0 Å². The molecule has 0 fully saturated rings. The molecule has 1 aromatic rings. The molecular weight excluding hydrogens is 223 g/mol. The Morgan fingerprint density at radius 2 is 1.53 bits per heavy atom. The zero-order valence-electron chi connectivity index (χ0n) is 8.05. The topological polar surface area (TPSA) is 77.1 Å². The molecule has 0 spiro atoms. The van der Waals surface area contributed by atoms with Crippen molar-refractivity contribution in [2.75, 3.05) is 14.2 Å². The first kappa shape index (κ1) is 10.1. The van der Waals surface area contributed by atoms with Gasteiger partial charge in [0.15, 0.2) is 11.5 Å². The van der Waals surface area contributed by atoms with Crippen LogP contribution >= 0.6 is 7.82 Å². The minimum absolute atomic E-state index is 0.0233. The van der Waals surface area contributed by atoms with Crippen LogP contribution in [-0.4, -0.2) is 14.2 Å².